The quantitative estimate of drug-likeness (QED) is 0.267. The predicted molar refractivity (Wildman–Crippen MR) is 144 cm³/mol. The number of furan rings is 1. The molecule has 0 N–H and O–H groups in total. The molecule has 3 saturated carbocycles. The van der Waals surface area contributed by atoms with E-state index < -0.39 is 58.2 Å². The van der Waals surface area contributed by atoms with Crippen LogP contribution in [0.4, 0.5) is 0 Å². The molecule has 1 aromatic rings. The Morgan fingerprint density at radius 2 is 1.88 bits per heavy atom. The lowest BCUT2D eigenvalue weighted by atomic mass is 9.38. The minimum Gasteiger partial charge on any atom is -0.472 e. The van der Waals surface area contributed by atoms with Gasteiger partial charge in [0.2, 0.25) is 0 Å². The van der Waals surface area contributed by atoms with Crippen LogP contribution in [0.15, 0.2) is 46.3 Å². The molecule has 0 unspecified atom stereocenters. The number of fused-ring (bicyclic) bond motifs is 6. The lowest BCUT2D eigenvalue weighted by Crippen LogP contribution is -2.68. The second-order valence-corrected chi connectivity index (χ2v) is 13.1. The van der Waals surface area contributed by atoms with Crippen molar-refractivity contribution < 1.29 is 37.8 Å². The summed E-state index contributed by atoms with van der Waals surface area (Å²) in [5.41, 5.74) is 0.193. The van der Waals surface area contributed by atoms with Crippen molar-refractivity contribution in [2.24, 2.45) is 39.9 Å². The van der Waals surface area contributed by atoms with Gasteiger partial charge in [-0.15, -0.1) is 0 Å². The number of hydrogen-bond donors (Lipinski definition) is 0. The van der Waals surface area contributed by atoms with Crippen LogP contribution in [0.25, 0.3) is 0 Å². The maximum atomic E-state index is 14.5. The second kappa shape index (κ2) is 9.74. The molecule has 0 amide bonds. The minimum atomic E-state index is -0.877. The van der Waals surface area contributed by atoms with E-state index in [0.29, 0.717) is 18.4 Å². The maximum Gasteiger partial charge on any atom is 0.333 e. The number of carbonyl (C=O) groups is 4. The van der Waals surface area contributed by atoms with Crippen LogP contribution in [-0.4, -0.2) is 36.9 Å². The lowest BCUT2D eigenvalue weighted by molar-refractivity contribution is -0.209. The Morgan fingerprint density at radius 3 is 2.50 bits per heavy atom. The number of rotatable bonds is 5. The molecule has 0 aromatic carbocycles. The van der Waals surface area contributed by atoms with Crippen molar-refractivity contribution >= 4 is 23.7 Å². The molecular weight excluding hydrogens is 512 g/mol. The van der Waals surface area contributed by atoms with Gasteiger partial charge in [0.15, 0.2) is 0 Å². The molecule has 216 valence electrons. The van der Waals surface area contributed by atoms with Crippen molar-refractivity contribution in [2.45, 2.75) is 79.4 Å². The number of hydrogen-bond acceptors (Lipinski definition) is 8. The van der Waals surface area contributed by atoms with Crippen molar-refractivity contribution in [3.8, 4) is 0 Å². The number of allylic oxidation sites excluding steroid dienone is 1. The highest BCUT2D eigenvalue weighted by Gasteiger charge is 2.70. The zero-order valence-electron chi connectivity index (χ0n) is 24.4. The summed E-state index contributed by atoms with van der Waals surface area (Å²) in [5, 5.41) is 0. The first-order chi connectivity index (χ1) is 18.8. The number of esters is 3. The van der Waals surface area contributed by atoms with Crippen LogP contribution in [0.2, 0.25) is 0 Å². The Bertz CT molecular complexity index is 1290. The van der Waals surface area contributed by atoms with Crippen LogP contribution in [0.3, 0.4) is 0 Å². The van der Waals surface area contributed by atoms with E-state index in [1.165, 1.54) is 7.11 Å². The molecule has 3 fully saturated rings. The molecule has 4 aliphatic rings. The second-order valence-electron chi connectivity index (χ2n) is 13.1. The minimum absolute atomic E-state index is 0.0342. The van der Waals surface area contributed by atoms with Crippen LogP contribution in [0.1, 0.15) is 78.9 Å². The van der Waals surface area contributed by atoms with Crippen LogP contribution < -0.4 is 0 Å². The lowest BCUT2D eigenvalue weighted by Gasteiger charge is -2.65. The maximum absolute atomic E-state index is 14.5. The molecule has 0 saturated heterocycles. The first-order valence-corrected chi connectivity index (χ1v) is 14.2. The van der Waals surface area contributed by atoms with Gasteiger partial charge in [0.05, 0.1) is 25.6 Å². The first kappa shape index (κ1) is 28.4. The molecular formula is C32H40O8. The van der Waals surface area contributed by atoms with Crippen molar-refractivity contribution in [2.75, 3.05) is 7.11 Å². The highest BCUT2D eigenvalue weighted by atomic mass is 16.6. The summed E-state index contributed by atoms with van der Waals surface area (Å²) < 4.78 is 22.5. The molecule has 5 rings (SSSR count). The summed E-state index contributed by atoms with van der Waals surface area (Å²) in [6, 6.07) is 1.83. The molecule has 2 bridgehead atoms. The van der Waals surface area contributed by atoms with Gasteiger partial charge in [-0.25, -0.2) is 9.59 Å². The SMILES string of the molecule is C/C=C(\C)C(=O)O[C@H]1[C@H]2C[C@@H]3C4=CC(=O)O[C@H](c5ccoc5)[C@@]4(C)CC[C@H]3[C@](C)(C2=O)[C@H](CC(=O)OC)C1(C)C. The normalized spacial score (nSPS) is 38.4. The van der Waals surface area contributed by atoms with Gasteiger partial charge >= 0.3 is 17.9 Å². The van der Waals surface area contributed by atoms with Gasteiger partial charge in [0.25, 0.3) is 0 Å². The number of cyclic esters (lactones) is 1. The van der Waals surface area contributed by atoms with Gasteiger partial charge in [0, 0.05) is 39.9 Å². The third-order valence-corrected chi connectivity index (χ3v) is 10.9. The third-order valence-electron chi connectivity index (χ3n) is 10.9. The Balaban J connectivity index is 1.63. The fourth-order valence-electron chi connectivity index (χ4n) is 8.70. The molecule has 3 aliphatic carbocycles. The molecule has 0 spiro atoms. The summed E-state index contributed by atoms with van der Waals surface area (Å²) in [6.07, 6.45) is 7.20. The number of Topliss-reactive ketones (excluding diaryl/α,β-unsaturated/α-hetero) is 1. The van der Waals surface area contributed by atoms with E-state index >= 15 is 0 Å². The zero-order chi connectivity index (χ0) is 29.2. The largest absolute Gasteiger partial charge is 0.472 e. The molecule has 0 radical (unpaired) electrons. The monoisotopic (exact) mass is 552 g/mol. The average molecular weight is 553 g/mol. The average Bonchev–Trinajstić information content (AvgIpc) is 3.45. The van der Waals surface area contributed by atoms with Gasteiger partial charge in [0.1, 0.15) is 18.0 Å². The summed E-state index contributed by atoms with van der Waals surface area (Å²) in [5.74, 6) is -2.46. The van der Waals surface area contributed by atoms with E-state index in [4.69, 9.17) is 18.6 Å². The highest BCUT2D eigenvalue weighted by molar-refractivity contribution is 5.93. The van der Waals surface area contributed by atoms with Crippen LogP contribution >= 0.6 is 0 Å². The van der Waals surface area contributed by atoms with Crippen molar-refractivity contribution in [3.63, 3.8) is 0 Å². The fourth-order valence-corrected chi connectivity index (χ4v) is 8.70. The molecule has 1 aromatic heterocycles. The Labute approximate surface area is 235 Å². The predicted octanol–water partition coefficient (Wildman–Crippen LogP) is 5.53. The first-order valence-electron chi connectivity index (χ1n) is 14.2. The van der Waals surface area contributed by atoms with Gasteiger partial charge in [-0.05, 0) is 62.5 Å². The number of methoxy groups -OCH3 is 1. The molecule has 2 heterocycles. The van der Waals surface area contributed by atoms with E-state index in [9.17, 15) is 19.2 Å². The van der Waals surface area contributed by atoms with Crippen LogP contribution in [0, 0.1) is 39.9 Å². The van der Waals surface area contributed by atoms with E-state index in [1.54, 1.807) is 38.5 Å². The molecule has 40 heavy (non-hydrogen) atoms. The van der Waals surface area contributed by atoms with Gasteiger partial charge in [-0.2, -0.15) is 0 Å². The van der Waals surface area contributed by atoms with Crippen LogP contribution in [0.5, 0.6) is 0 Å². The summed E-state index contributed by atoms with van der Waals surface area (Å²) in [7, 11) is 1.35. The smallest absolute Gasteiger partial charge is 0.333 e. The van der Waals surface area contributed by atoms with Gasteiger partial charge < -0.3 is 18.6 Å². The highest BCUT2D eigenvalue weighted by Crippen LogP contribution is 2.69. The van der Waals surface area contributed by atoms with Crippen LogP contribution in [-0.2, 0) is 33.4 Å². The van der Waals surface area contributed by atoms with Crippen molar-refractivity contribution in [1.82, 2.24) is 0 Å². The number of ether oxygens (including phenoxy) is 3. The Hall–Kier alpha value is -3.16. The standard InChI is InChI=1S/C32H40O8/c1-8-17(2)29(36)40-28-20-13-19-21(32(6,26(20)35)23(30(28,3)4)15-24(33)37-7)9-11-31(5)22(19)14-25(34)39-27(31)18-10-12-38-16-18/h8,10,12,14,16,19-21,23,27-28H,9,11,13,15H2,1-7H3/b17-8+/t19-,20-,21+,23+,27+,28-,31-,32-/m0/s1. The van der Waals surface area contributed by atoms with Crippen molar-refractivity contribution in [1.29, 1.82) is 0 Å². The van der Waals surface area contributed by atoms with E-state index in [-0.39, 0.29) is 24.0 Å². The molecule has 8 heteroatoms. The summed E-state index contributed by atoms with van der Waals surface area (Å²) >= 11 is 0. The Morgan fingerprint density at radius 1 is 1.15 bits per heavy atom. The van der Waals surface area contributed by atoms with Gasteiger partial charge in [-0.3, -0.25) is 9.59 Å². The number of ketones is 1. The van der Waals surface area contributed by atoms with Crippen molar-refractivity contribution in [3.05, 3.63) is 47.5 Å². The van der Waals surface area contributed by atoms with E-state index in [0.717, 1.165) is 17.6 Å². The third kappa shape index (κ3) is 4.00. The topological polar surface area (TPSA) is 109 Å². The molecule has 1 aliphatic heterocycles. The zero-order valence-corrected chi connectivity index (χ0v) is 24.4. The Kier molecular flexibility index (Phi) is 6.91. The van der Waals surface area contributed by atoms with Gasteiger partial charge in [-0.1, -0.05) is 33.8 Å². The fraction of sp³-hybridized carbons (Fsp3) is 0.625. The summed E-state index contributed by atoms with van der Waals surface area (Å²) in [6.45, 7) is 11.6. The molecule has 8 atom stereocenters. The summed E-state index contributed by atoms with van der Waals surface area (Å²) in [4.78, 5) is 53.3. The van der Waals surface area contributed by atoms with E-state index in [1.807, 2.05) is 26.8 Å². The number of carbonyl (C=O) groups excluding carboxylic acids is 4. The molecule has 8 nitrogen and oxygen atoms in total. The van der Waals surface area contributed by atoms with E-state index in [2.05, 4.69) is 6.92 Å².